The van der Waals surface area contributed by atoms with Gasteiger partial charge in [-0.1, -0.05) is 40.8 Å². The van der Waals surface area contributed by atoms with Gasteiger partial charge < -0.3 is 5.32 Å². The fraction of sp³-hybridized carbons (Fsp3) is 0.182. The molecule has 1 N–H and O–H groups in total. The molecule has 1 amide bonds. The van der Waals surface area contributed by atoms with E-state index < -0.39 is 0 Å². The van der Waals surface area contributed by atoms with Crippen LogP contribution in [0.3, 0.4) is 0 Å². The number of thiophene rings is 1. The van der Waals surface area contributed by atoms with Crippen molar-refractivity contribution in [2.24, 2.45) is 0 Å². The number of fused-ring (bicyclic) bond motifs is 1. The summed E-state index contributed by atoms with van der Waals surface area (Å²) < 4.78 is 2.10. The molecule has 0 unspecified atom stereocenters. The van der Waals surface area contributed by atoms with Crippen LogP contribution in [0.4, 0.5) is 0 Å². The molecule has 78 valence electrons. The van der Waals surface area contributed by atoms with Crippen molar-refractivity contribution in [3.63, 3.8) is 0 Å². The first kappa shape index (κ1) is 10.9. The summed E-state index contributed by atoms with van der Waals surface area (Å²) in [6, 6.07) is 7.98. The second-order valence-corrected chi connectivity index (χ2v) is 5.08. The van der Waals surface area contributed by atoms with Crippen LogP contribution in [0.1, 0.15) is 10.4 Å². The average molecular weight is 331 g/mol. The van der Waals surface area contributed by atoms with Gasteiger partial charge in [0, 0.05) is 26.4 Å². The lowest BCUT2D eigenvalue weighted by atomic mass is 10.2. The lowest BCUT2D eigenvalue weighted by Gasteiger charge is -2.00. The predicted molar refractivity (Wildman–Crippen MR) is 73.0 cm³/mol. The van der Waals surface area contributed by atoms with Crippen LogP contribution in [-0.4, -0.2) is 16.9 Å². The second-order valence-electron chi connectivity index (χ2n) is 3.09. The predicted octanol–water partition coefficient (Wildman–Crippen LogP) is 3.07. The highest BCUT2D eigenvalue weighted by Gasteiger charge is 2.10. The molecule has 2 nitrogen and oxygen atoms in total. The summed E-state index contributed by atoms with van der Waals surface area (Å²) in [6.07, 6.45) is 0. The van der Waals surface area contributed by atoms with Crippen LogP contribution in [0.5, 0.6) is 0 Å². The van der Waals surface area contributed by atoms with E-state index in [9.17, 15) is 4.79 Å². The molecule has 0 saturated heterocycles. The zero-order valence-corrected chi connectivity index (χ0v) is 11.0. The van der Waals surface area contributed by atoms with Gasteiger partial charge in [0.15, 0.2) is 0 Å². The summed E-state index contributed by atoms with van der Waals surface area (Å²) in [5, 5.41) is 5.86. The van der Waals surface area contributed by atoms with Gasteiger partial charge in [-0.3, -0.25) is 4.79 Å². The van der Waals surface area contributed by atoms with Crippen molar-refractivity contribution in [3.8, 4) is 0 Å². The van der Waals surface area contributed by atoms with Crippen molar-refractivity contribution in [3.05, 3.63) is 35.2 Å². The summed E-state index contributed by atoms with van der Waals surface area (Å²) in [6.45, 7) is 0.726. The van der Waals surface area contributed by atoms with Crippen LogP contribution in [0.15, 0.2) is 29.6 Å². The molecule has 0 aliphatic heterocycles. The highest BCUT2D eigenvalue weighted by molar-refractivity contribution is 14.1. The minimum Gasteiger partial charge on any atom is -0.351 e. The van der Waals surface area contributed by atoms with Gasteiger partial charge in [-0.2, -0.15) is 0 Å². The highest BCUT2D eigenvalue weighted by atomic mass is 127. The first-order valence-electron chi connectivity index (χ1n) is 4.63. The summed E-state index contributed by atoms with van der Waals surface area (Å²) >= 11 is 3.86. The maximum Gasteiger partial charge on any atom is 0.252 e. The molecule has 1 heterocycles. The van der Waals surface area contributed by atoms with Gasteiger partial charge in [-0.05, 0) is 6.07 Å². The third-order valence-electron chi connectivity index (χ3n) is 2.11. The van der Waals surface area contributed by atoms with Crippen molar-refractivity contribution < 1.29 is 4.79 Å². The summed E-state index contributed by atoms with van der Waals surface area (Å²) in [5.74, 6) is 0.0316. The Hall–Kier alpha value is -0.620. The number of nitrogens with one attached hydrogen (secondary N) is 1. The molecule has 2 rings (SSSR count). The summed E-state index contributed by atoms with van der Waals surface area (Å²) in [7, 11) is 0. The SMILES string of the molecule is O=C(NCCI)c1csc2ccccc12. The standard InChI is InChI=1S/C11H10INOS/c12-5-6-13-11(14)9-7-15-10-4-2-1-3-8(9)10/h1-4,7H,5-6H2,(H,13,14). The number of hydrogen-bond donors (Lipinski definition) is 1. The number of amides is 1. The van der Waals surface area contributed by atoms with Crippen LogP contribution in [0, 0.1) is 0 Å². The molecule has 1 aromatic heterocycles. The Kier molecular flexibility index (Phi) is 3.58. The number of halogens is 1. The topological polar surface area (TPSA) is 29.1 Å². The van der Waals surface area contributed by atoms with Gasteiger partial charge >= 0.3 is 0 Å². The molecule has 0 radical (unpaired) electrons. The Balaban J connectivity index is 2.31. The third-order valence-corrected chi connectivity index (χ3v) is 3.61. The van der Waals surface area contributed by atoms with Gasteiger partial charge in [0.05, 0.1) is 5.56 Å². The van der Waals surface area contributed by atoms with Crippen molar-refractivity contribution in [1.82, 2.24) is 5.32 Å². The number of hydrogen-bond acceptors (Lipinski definition) is 2. The number of rotatable bonds is 3. The number of benzene rings is 1. The Bertz CT molecular complexity index is 480. The van der Waals surface area contributed by atoms with Crippen LogP contribution in [0.25, 0.3) is 10.1 Å². The van der Waals surface area contributed by atoms with E-state index in [2.05, 4.69) is 27.9 Å². The Morgan fingerprint density at radius 2 is 2.20 bits per heavy atom. The van der Waals surface area contributed by atoms with E-state index in [1.807, 2.05) is 29.6 Å². The van der Waals surface area contributed by atoms with Gasteiger partial charge in [-0.25, -0.2) is 0 Å². The van der Waals surface area contributed by atoms with Crippen molar-refractivity contribution >= 4 is 49.9 Å². The van der Waals surface area contributed by atoms with E-state index in [-0.39, 0.29) is 5.91 Å². The molecule has 0 aliphatic carbocycles. The number of carbonyl (C=O) groups is 1. The zero-order valence-electron chi connectivity index (χ0n) is 8.00. The fourth-order valence-electron chi connectivity index (χ4n) is 1.41. The van der Waals surface area contributed by atoms with Crippen LogP contribution < -0.4 is 5.32 Å². The highest BCUT2D eigenvalue weighted by Crippen LogP contribution is 2.25. The molecule has 0 spiro atoms. The van der Waals surface area contributed by atoms with Gasteiger partial charge in [0.1, 0.15) is 0 Å². The average Bonchev–Trinajstić information content (AvgIpc) is 2.69. The Morgan fingerprint density at radius 1 is 1.40 bits per heavy atom. The molecular weight excluding hydrogens is 321 g/mol. The second kappa shape index (κ2) is 4.94. The molecule has 0 aliphatic rings. The minimum absolute atomic E-state index is 0.0316. The molecular formula is C11H10INOS. The molecule has 2 aromatic rings. The van der Waals surface area contributed by atoms with E-state index in [1.54, 1.807) is 11.3 Å². The molecule has 0 fully saturated rings. The van der Waals surface area contributed by atoms with E-state index >= 15 is 0 Å². The summed E-state index contributed by atoms with van der Waals surface area (Å²) in [4.78, 5) is 11.8. The molecule has 0 atom stereocenters. The monoisotopic (exact) mass is 331 g/mol. The molecule has 0 bridgehead atoms. The summed E-state index contributed by atoms with van der Waals surface area (Å²) in [5.41, 5.74) is 0.792. The Morgan fingerprint density at radius 3 is 3.00 bits per heavy atom. The van der Waals surface area contributed by atoms with Gasteiger partial charge in [0.25, 0.3) is 5.91 Å². The lowest BCUT2D eigenvalue weighted by molar-refractivity contribution is 0.0958. The molecule has 15 heavy (non-hydrogen) atoms. The van der Waals surface area contributed by atoms with Crippen LogP contribution >= 0.6 is 33.9 Å². The first-order chi connectivity index (χ1) is 7.33. The number of alkyl halides is 1. The minimum atomic E-state index is 0.0316. The largest absolute Gasteiger partial charge is 0.351 e. The number of carbonyl (C=O) groups excluding carboxylic acids is 1. The van der Waals surface area contributed by atoms with Crippen molar-refractivity contribution in [2.45, 2.75) is 0 Å². The fourth-order valence-corrected chi connectivity index (χ4v) is 2.62. The zero-order chi connectivity index (χ0) is 10.7. The Labute approximate surface area is 106 Å². The van der Waals surface area contributed by atoms with E-state index in [0.29, 0.717) is 0 Å². The van der Waals surface area contributed by atoms with Crippen molar-refractivity contribution in [1.29, 1.82) is 0 Å². The molecule has 4 heteroatoms. The molecule has 1 aromatic carbocycles. The van der Waals surface area contributed by atoms with Gasteiger partial charge in [0.2, 0.25) is 0 Å². The van der Waals surface area contributed by atoms with Crippen LogP contribution in [0.2, 0.25) is 0 Å². The third kappa shape index (κ3) is 2.31. The molecule has 0 saturated carbocycles. The van der Waals surface area contributed by atoms with Crippen molar-refractivity contribution in [2.75, 3.05) is 11.0 Å². The first-order valence-corrected chi connectivity index (χ1v) is 7.04. The maximum absolute atomic E-state index is 11.8. The lowest BCUT2D eigenvalue weighted by Crippen LogP contribution is -2.24. The maximum atomic E-state index is 11.8. The smallest absolute Gasteiger partial charge is 0.252 e. The van der Waals surface area contributed by atoms with E-state index in [1.165, 1.54) is 0 Å². The normalized spacial score (nSPS) is 10.5. The van der Waals surface area contributed by atoms with Gasteiger partial charge in [-0.15, -0.1) is 11.3 Å². The van der Waals surface area contributed by atoms with E-state index in [0.717, 1.165) is 26.6 Å². The van der Waals surface area contributed by atoms with E-state index in [4.69, 9.17) is 0 Å². The quantitative estimate of drug-likeness (QED) is 0.680. The van der Waals surface area contributed by atoms with Crippen LogP contribution in [-0.2, 0) is 0 Å².